The minimum absolute atomic E-state index is 0.0242. The standard InChI is InChI=1S/C19H13ClN4O7/c1-30-19(25)14-5-2-11(8-15(14)20)18-7-4-13(31-18)10-21-22-16-6-3-12(23(26)27)9-17(16)24(28)29/h2-10,22H,1H3/b21-10-. The minimum Gasteiger partial charge on any atom is -0.465 e. The Hall–Kier alpha value is -4.25. The van der Waals surface area contributed by atoms with Crippen LogP contribution >= 0.6 is 11.6 Å². The largest absolute Gasteiger partial charge is 0.465 e. The Morgan fingerprint density at radius 1 is 1.13 bits per heavy atom. The summed E-state index contributed by atoms with van der Waals surface area (Å²) in [5.41, 5.74) is 2.37. The summed E-state index contributed by atoms with van der Waals surface area (Å²) in [6.45, 7) is 0. The molecule has 0 aliphatic heterocycles. The van der Waals surface area contributed by atoms with Crippen LogP contribution in [0, 0.1) is 20.2 Å². The maximum absolute atomic E-state index is 11.6. The number of nitrogens with one attached hydrogen (secondary N) is 1. The van der Waals surface area contributed by atoms with Crippen molar-refractivity contribution in [3.8, 4) is 11.3 Å². The molecule has 0 atom stereocenters. The number of esters is 1. The molecule has 1 heterocycles. The Morgan fingerprint density at radius 3 is 2.55 bits per heavy atom. The SMILES string of the molecule is COC(=O)c1ccc(-c2ccc(/C=N\Nc3ccc([N+](=O)[O-])cc3[N+](=O)[O-])o2)cc1Cl. The molecule has 0 amide bonds. The molecule has 12 heteroatoms. The summed E-state index contributed by atoms with van der Waals surface area (Å²) >= 11 is 6.11. The second kappa shape index (κ2) is 9.05. The molecule has 1 N–H and O–H groups in total. The fourth-order valence-corrected chi connectivity index (χ4v) is 2.82. The lowest BCUT2D eigenvalue weighted by atomic mass is 10.1. The number of methoxy groups -OCH3 is 1. The number of non-ortho nitro benzene ring substituents is 1. The van der Waals surface area contributed by atoms with Gasteiger partial charge in [0.25, 0.3) is 5.69 Å². The molecule has 0 radical (unpaired) electrons. The van der Waals surface area contributed by atoms with E-state index in [0.29, 0.717) is 17.1 Å². The molecule has 2 aromatic carbocycles. The summed E-state index contributed by atoms with van der Waals surface area (Å²) in [7, 11) is 1.25. The van der Waals surface area contributed by atoms with Crippen LogP contribution < -0.4 is 5.43 Å². The van der Waals surface area contributed by atoms with Crippen LogP contribution in [0.4, 0.5) is 17.1 Å². The van der Waals surface area contributed by atoms with Crippen LogP contribution in [-0.2, 0) is 4.74 Å². The summed E-state index contributed by atoms with van der Waals surface area (Å²) in [5.74, 6) is 0.205. The molecule has 158 valence electrons. The first-order valence-electron chi connectivity index (χ1n) is 8.50. The van der Waals surface area contributed by atoms with Crippen LogP contribution in [0.1, 0.15) is 16.1 Å². The van der Waals surface area contributed by atoms with Gasteiger partial charge >= 0.3 is 11.7 Å². The summed E-state index contributed by atoms with van der Waals surface area (Å²) in [6.07, 6.45) is 1.28. The van der Waals surface area contributed by atoms with Crippen LogP contribution in [0.2, 0.25) is 5.02 Å². The first-order chi connectivity index (χ1) is 14.8. The third kappa shape index (κ3) is 4.85. The second-order valence-corrected chi connectivity index (χ2v) is 6.38. The van der Waals surface area contributed by atoms with Crippen molar-refractivity contribution in [3.05, 3.63) is 85.1 Å². The normalized spacial score (nSPS) is 10.8. The smallest absolute Gasteiger partial charge is 0.339 e. The Kier molecular flexibility index (Phi) is 6.26. The highest BCUT2D eigenvalue weighted by Gasteiger charge is 2.19. The van der Waals surface area contributed by atoms with Crippen LogP contribution in [0.3, 0.4) is 0 Å². The first-order valence-corrected chi connectivity index (χ1v) is 8.88. The van der Waals surface area contributed by atoms with Crippen molar-refractivity contribution in [2.24, 2.45) is 5.10 Å². The molecule has 0 aliphatic carbocycles. The van der Waals surface area contributed by atoms with Gasteiger partial charge in [0, 0.05) is 11.6 Å². The number of rotatable bonds is 7. The number of ether oxygens (including phenoxy) is 1. The number of carbonyl (C=O) groups excluding carboxylic acids is 1. The second-order valence-electron chi connectivity index (χ2n) is 5.97. The molecule has 3 rings (SSSR count). The lowest BCUT2D eigenvalue weighted by molar-refractivity contribution is -0.393. The number of nitrogens with zero attached hydrogens (tertiary/aromatic N) is 3. The van der Waals surface area contributed by atoms with E-state index in [1.165, 1.54) is 25.5 Å². The van der Waals surface area contributed by atoms with Crippen molar-refractivity contribution in [1.29, 1.82) is 0 Å². The van der Waals surface area contributed by atoms with Crippen LogP contribution in [-0.4, -0.2) is 29.1 Å². The molecule has 0 bridgehead atoms. The zero-order valence-corrected chi connectivity index (χ0v) is 16.5. The van der Waals surface area contributed by atoms with Gasteiger partial charge in [-0.15, -0.1) is 0 Å². The maximum Gasteiger partial charge on any atom is 0.339 e. The van der Waals surface area contributed by atoms with E-state index in [9.17, 15) is 25.0 Å². The molecule has 3 aromatic rings. The average Bonchev–Trinajstić information content (AvgIpc) is 3.22. The highest BCUT2D eigenvalue weighted by atomic mass is 35.5. The maximum atomic E-state index is 11.6. The lowest BCUT2D eigenvalue weighted by Crippen LogP contribution is -2.01. The molecule has 0 spiro atoms. The Labute approximate surface area is 179 Å². The van der Waals surface area contributed by atoms with E-state index in [4.69, 9.17) is 16.0 Å². The van der Waals surface area contributed by atoms with Gasteiger partial charge in [-0.25, -0.2) is 4.79 Å². The van der Waals surface area contributed by atoms with Crippen molar-refractivity contribution in [2.45, 2.75) is 0 Å². The van der Waals surface area contributed by atoms with Crippen LogP contribution in [0.5, 0.6) is 0 Å². The van der Waals surface area contributed by atoms with Crippen molar-refractivity contribution in [2.75, 3.05) is 12.5 Å². The molecule has 31 heavy (non-hydrogen) atoms. The van der Waals surface area contributed by atoms with Gasteiger partial charge in [-0.1, -0.05) is 17.7 Å². The van der Waals surface area contributed by atoms with Crippen molar-refractivity contribution in [3.63, 3.8) is 0 Å². The lowest BCUT2D eigenvalue weighted by Gasteiger charge is -2.04. The van der Waals surface area contributed by atoms with Gasteiger partial charge in [0.15, 0.2) is 0 Å². The number of anilines is 1. The van der Waals surface area contributed by atoms with Gasteiger partial charge < -0.3 is 9.15 Å². The molecule has 0 saturated heterocycles. The van der Waals surface area contributed by atoms with Crippen molar-refractivity contribution < 1.29 is 23.8 Å². The number of furan rings is 1. The predicted octanol–water partition coefficient (Wildman–Crippen LogP) is 4.65. The third-order valence-corrected chi connectivity index (χ3v) is 4.36. The Morgan fingerprint density at radius 2 is 1.90 bits per heavy atom. The number of benzene rings is 2. The highest BCUT2D eigenvalue weighted by molar-refractivity contribution is 6.33. The Balaban J connectivity index is 1.76. The van der Waals surface area contributed by atoms with E-state index < -0.39 is 27.2 Å². The van der Waals surface area contributed by atoms with Gasteiger partial charge in [0.2, 0.25) is 0 Å². The van der Waals surface area contributed by atoms with E-state index in [1.54, 1.807) is 24.3 Å². The molecular formula is C19H13ClN4O7. The number of hydrazone groups is 1. The van der Waals surface area contributed by atoms with Crippen LogP contribution in [0.25, 0.3) is 11.3 Å². The number of halogens is 1. The van der Waals surface area contributed by atoms with E-state index in [1.807, 2.05) is 0 Å². The zero-order chi connectivity index (χ0) is 22.5. The fraction of sp³-hybridized carbons (Fsp3) is 0.0526. The van der Waals surface area contributed by atoms with E-state index in [-0.39, 0.29) is 16.3 Å². The highest BCUT2D eigenvalue weighted by Crippen LogP contribution is 2.29. The van der Waals surface area contributed by atoms with Gasteiger partial charge in [-0.05, 0) is 30.3 Å². The van der Waals surface area contributed by atoms with E-state index in [2.05, 4.69) is 15.3 Å². The Bertz CT molecular complexity index is 1210. The summed E-state index contributed by atoms with van der Waals surface area (Å²) in [4.78, 5) is 32.0. The van der Waals surface area contributed by atoms with Gasteiger partial charge in [0.05, 0.1) is 39.8 Å². The predicted molar refractivity (Wildman–Crippen MR) is 111 cm³/mol. The monoisotopic (exact) mass is 444 g/mol. The topological polar surface area (TPSA) is 150 Å². The van der Waals surface area contributed by atoms with Crippen LogP contribution in [0.15, 0.2) is 58.0 Å². The minimum atomic E-state index is -0.752. The molecule has 0 saturated carbocycles. The number of nitro benzene ring substituents is 2. The van der Waals surface area contributed by atoms with Gasteiger partial charge in [-0.2, -0.15) is 5.10 Å². The number of hydrogen-bond donors (Lipinski definition) is 1. The summed E-state index contributed by atoms with van der Waals surface area (Å²) in [6, 6.07) is 11.1. The molecule has 1 aromatic heterocycles. The number of carbonyl (C=O) groups is 1. The molecule has 11 nitrogen and oxygen atoms in total. The third-order valence-electron chi connectivity index (χ3n) is 4.05. The van der Waals surface area contributed by atoms with E-state index in [0.717, 1.165) is 12.1 Å². The van der Waals surface area contributed by atoms with Crippen molar-refractivity contribution in [1.82, 2.24) is 0 Å². The molecular weight excluding hydrogens is 432 g/mol. The number of nitro groups is 2. The average molecular weight is 445 g/mol. The zero-order valence-electron chi connectivity index (χ0n) is 15.8. The summed E-state index contributed by atoms with van der Waals surface area (Å²) in [5, 5.41) is 26.0. The van der Waals surface area contributed by atoms with E-state index >= 15 is 0 Å². The molecule has 0 aliphatic rings. The van der Waals surface area contributed by atoms with Crippen molar-refractivity contribution >= 4 is 40.8 Å². The van der Waals surface area contributed by atoms with Gasteiger partial charge in [-0.3, -0.25) is 25.7 Å². The quantitative estimate of drug-likeness (QED) is 0.239. The number of hydrogen-bond acceptors (Lipinski definition) is 9. The molecule has 0 unspecified atom stereocenters. The first kappa shape index (κ1) is 21.5. The fourth-order valence-electron chi connectivity index (χ4n) is 2.57. The van der Waals surface area contributed by atoms with Gasteiger partial charge in [0.1, 0.15) is 17.2 Å². The summed E-state index contributed by atoms with van der Waals surface area (Å²) < 4.78 is 10.3. The molecule has 0 fully saturated rings.